The van der Waals surface area contributed by atoms with E-state index >= 15 is 0 Å². The molecule has 2 aromatic carbocycles. The molecule has 1 aliphatic rings. The molecule has 140 valence electrons. The van der Waals surface area contributed by atoms with Gasteiger partial charge in [0.15, 0.2) is 0 Å². The van der Waals surface area contributed by atoms with E-state index in [1.165, 1.54) is 16.3 Å². The van der Waals surface area contributed by atoms with Crippen molar-refractivity contribution in [3.63, 3.8) is 0 Å². The summed E-state index contributed by atoms with van der Waals surface area (Å²) in [6.45, 7) is 4.61. The third-order valence-electron chi connectivity index (χ3n) is 5.53. The summed E-state index contributed by atoms with van der Waals surface area (Å²) in [7, 11) is 0. The summed E-state index contributed by atoms with van der Waals surface area (Å²) in [6.07, 6.45) is 1.76. The van der Waals surface area contributed by atoms with E-state index in [0.717, 1.165) is 38.5 Å². The number of rotatable bonds is 3. The minimum absolute atomic E-state index is 0.0289. The molecule has 0 saturated carbocycles. The summed E-state index contributed by atoms with van der Waals surface area (Å²) in [5.41, 5.74) is 2.04. The monoisotopic (exact) mass is 370 g/mol. The Morgan fingerprint density at radius 3 is 2.54 bits per heavy atom. The van der Waals surface area contributed by atoms with E-state index in [9.17, 15) is 4.79 Å². The first-order chi connectivity index (χ1) is 13.8. The van der Waals surface area contributed by atoms with Gasteiger partial charge in [-0.1, -0.05) is 48.5 Å². The SMILES string of the molecule is O=c1cc(N2CCN(Cc3cccc4ccccc34)CC2)nc2ccccn12. The average molecular weight is 370 g/mol. The third-order valence-corrected chi connectivity index (χ3v) is 5.53. The minimum Gasteiger partial charge on any atom is -0.354 e. The van der Waals surface area contributed by atoms with Crippen molar-refractivity contribution in [3.8, 4) is 0 Å². The van der Waals surface area contributed by atoms with Crippen LogP contribution in [0.3, 0.4) is 0 Å². The van der Waals surface area contributed by atoms with Crippen LogP contribution in [0.1, 0.15) is 5.56 Å². The van der Waals surface area contributed by atoms with E-state index in [-0.39, 0.29) is 5.56 Å². The zero-order valence-electron chi connectivity index (χ0n) is 15.7. The summed E-state index contributed by atoms with van der Waals surface area (Å²) in [6, 6.07) is 22.4. The van der Waals surface area contributed by atoms with E-state index < -0.39 is 0 Å². The summed E-state index contributed by atoms with van der Waals surface area (Å²) < 4.78 is 1.58. The maximum absolute atomic E-state index is 12.4. The number of fused-ring (bicyclic) bond motifs is 2. The molecule has 1 aliphatic heterocycles. The summed E-state index contributed by atoms with van der Waals surface area (Å²) in [5.74, 6) is 0.779. The molecule has 5 nitrogen and oxygen atoms in total. The van der Waals surface area contributed by atoms with Gasteiger partial charge in [0.2, 0.25) is 0 Å². The number of aromatic nitrogens is 2. The minimum atomic E-state index is -0.0289. The van der Waals surface area contributed by atoms with Crippen LogP contribution in [-0.4, -0.2) is 40.5 Å². The van der Waals surface area contributed by atoms with E-state index in [4.69, 9.17) is 0 Å². The number of piperazine rings is 1. The molecule has 0 atom stereocenters. The second kappa shape index (κ2) is 7.09. The largest absolute Gasteiger partial charge is 0.354 e. The summed E-state index contributed by atoms with van der Waals surface area (Å²) >= 11 is 0. The fourth-order valence-corrected chi connectivity index (χ4v) is 4.01. The number of hydrogen-bond acceptors (Lipinski definition) is 4. The zero-order chi connectivity index (χ0) is 18.9. The molecular formula is C23H22N4O. The lowest BCUT2D eigenvalue weighted by Gasteiger charge is -2.35. The molecule has 0 radical (unpaired) electrons. The fourth-order valence-electron chi connectivity index (χ4n) is 4.01. The molecular weight excluding hydrogens is 348 g/mol. The van der Waals surface area contributed by atoms with Crippen LogP contribution in [-0.2, 0) is 6.54 Å². The van der Waals surface area contributed by atoms with Crippen molar-refractivity contribution in [1.29, 1.82) is 0 Å². The highest BCUT2D eigenvalue weighted by Gasteiger charge is 2.19. The molecule has 1 saturated heterocycles. The highest BCUT2D eigenvalue weighted by Crippen LogP contribution is 2.21. The molecule has 4 aromatic rings. The molecule has 5 rings (SSSR count). The molecule has 1 fully saturated rings. The number of nitrogens with zero attached hydrogens (tertiary/aromatic N) is 4. The standard InChI is InChI=1S/C23H22N4O/c28-23-16-22(24-21-10-3-4-11-27(21)23)26-14-12-25(13-15-26)17-19-8-5-7-18-6-1-2-9-20(18)19/h1-11,16H,12-15,17H2. The van der Waals surface area contributed by atoms with Gasteiger partial charge in [0.05, 0.1) is 0 Å². The number of pyridine rings is 1. The van der Waals surface area contributed by atoms with Crippen LogP contribution in [0.15, 0.2) is 77.7 Å². The molecule has 2 aromatic heterocycles. The van der Waals surface area contributed by atoms with E-state index in [2.05, 4.69) is 57.2 Å². The maximum atomic E-state index is 12.4. The van der Waals surface area contributed by atoms with Gasteiger partial charge in [-0.05, 0) is 28.5 Å². The molecule has 28 heavy (non-hydrogen) atoms. The first-order valence-corrected chi connectivity index (χ1v) is 9.70. The second-order valence-corrected chi connectivity index (χ2v) is 7.28. The van der Waals surface area contributed by atoms with Gasteiger partial charge in [-0.2, -0.15) is 0 Å². The molecule has 0 N–H and O–H groups in total. The highest BCUT2D eigenvalue weighted by atomic mass is 16.1. The molecule has 0 amide bonds. The van der Waals surface area contributed by atoms with E-state index in [0.29, 0.717) is 5.65 Å². The second-order valence-electron chi connectivity index (χ2n) is 7.28. The van der Waals surface area contributed by atoms with Gasteiger partial charge in [-0.25, -0.2) is 4.98 Å². The van der Waals surface area contributed by atoms with Crippen molar-refractivity contribution in [2.24, 2.45) is 0 Å². The van der Waals surface area contributed by atoms with Gasteiger partial charge < -0.3 is 4.90 Å². The van der Waals surface area contributed by atoms with E-state index in [1.807, 2.05) is 18.2 Å². The molecule has 3 heterocycles. The van der Waals surface area contributed by atoms with Crippen LogP contribution >= 0.6 is 0 Å². The van der Waals surface area contributed by atoms with Crippen LogP contribution in [0.5, 0.6) is 0 Å². The summed E-state index contributed by atoms with van der Waals surface area (Å²) in [5, 5.41) is 2.62. The van der Waals surface area contributed by atoms with Crippen LogP contribution in [0, 0.1) is 0 Å². The Kier molecular flexibility index (Phi) is 4.29. The molecule has 0 aliphatic carbocycles. The molecule has 0 spiro atoms. The van der Waals surface area contributed by atoms with Crippen LogP contribution < -0.4 is 10.5 Å². The quantitative estimate of drug-likeness (QED) is 0.555. The van der Waals surface area contributed by atoms with Gasteiger partial charge in [0, 0.05) is 45.0 Å². The smallest absolute Gasteiger partial charge is 0.259 e. The van der Waals surface area contributed by atoms with Crippen LogP contribution in [0.25, 0.3) is 16.4 Å². The van der Waals surface area contributed by atoms with Crippen LogP contribution in [0.4, 0.5) is 5.82 Å². The molecule has 0 bridgehead atoms. The summed E-state index contributed by atoms with van der Waals surface area (Å²) in [4.78, 5) is 21.7. The van der Waals surface area contributed by atoms with Gasteiger partial charge in [0.1, 0.15) is 11.5 Å². The van der Waals surface area contributed by atoms with Crippen molar-refractivity contribution in [2.75, 3.05) is 31.1 Å². The first kappa shape index (κ1) is 17.0. The Bertz CT molecular complexity index is 1190. The third kappa shape index (κ3) is 3.14. The van der Waals surface area contributed by atoms with Gasteiger partial charge in [-0.3, -0.25) is 14.1 Å². The first-order valence-electron chi connectivity index (χ1n) is 9.70. The van der Waals surface area contributed by atoms with Crippen molar-refractivity contribution in [3.05, 3.63) is 88.8 Å². The topological polar surface area (TPSA) is 40.9 Å². The lowest BCUT2D eigenvalue weighted by molar-refractivity contribution is 0.250. The highest BCUT2D eigenvalue weighted by molar-refractivity contribution is 5.85. The average Bonchev–Trinajstić information content (AvgIpc) is 2.75. The lowest BCUT2D eigenvalue weighted by atomic mass is 10.0. The maximum Gasteiger partial charge on any atom is 0.259 e. The lowest BCUT2D eigenvalue weighted by Crippen LogP contribution is -2.46. The number of anilines is 1. The Hall–Kier alpha value is -3.18. The van der Waals surface area contributed by atoms with E-state index in [1.54, 1.807) is 16.7 Å². The normalized spacial score (nSPS) is 15.4. The van der Waals surface area contributed by atoms with Crippen molar-refractivity contribution in [1.82, 2.24) is 14.3 Å². The number of benzene rings is 2. The predicted octanol–water partition coefficient (Wildman–Crippen LogP) is 3.17. The molecule has 0 unspecified atom stereocenters. The Morgan fingerprint density at radius 1 is 0.857 bits per heavy atom. The predicted molar refractivity (Wildman–Crippen MR) is 113 cm³/mol. The van der Waals surface area contributed by atoms with Crippen molar-refractivity contribution in [2.45, 2.75) is 6.54 Å². The Balaban J connectivity index is 1.32. The van der Waals surface area contributed by atoms with Gasteiger partial charge in [-0.15, -0.1) is 0 Å². The van der Waals surface area contributed by atoms with Gasteiger partial charge in [0.25, 0.3) is 5.56 Å². The zero-order valence-corrected chi connectivity index (χ0v) is 15.7. The fraction of sp³-hybridized carbons (Fsp3) is 0.217. The van der Waals surface area contributed by atoms with Gasteiger partial charge >= 0.3 is 0 Å². The Labute approximate surface area is 163 Å². The van der Waals surface area contributed by atoms with Crippen molar-refractivity contribution < 1.29 is 0 Å². The Morgan fingerprint density at radius 2 is 1.64 bits per heavy atom. The number of hydrogen-bond donors (Lipinski definition) is 0. The van der Waals surface area contributed by atoms with Crippen LogP contribution in [0.2, 0.25) is 0 Å². The van der Waals surface area contributed by atoms with Crippen molar-refractivity contribution >= 4 is 22.2 Å². The molecule has 5 heteroatoms.